The third-order valence-electron chi connectivity index (χ3n) is 1.37. The highest BCUT2D eigenvalue weighted by atomic mass is 14.6. The Morgan fingerprint density at radius 1 is 1.64 bits per heavy atom. The second-order valence-corrected chi connectivity index (χ2v) is 2.25. The first-order valence-corrected chi connectivity index (χ1v) is 3.79. The van der Waals surface area contributed by atoms with E-state index in [2.05, 4.69) is 11.6 Å². The highest BCUT2D eigenvalue weighted by Gasteiger charge is 1.88. The number of nitrogens with zero attached hydrogens (tertiary/aromatic N) is 1. The number of rotatable bonds is 5. The van der Waals surface area contributed by atoms with Crippen LogP contribution in [0.3, 0.4) is 0 Å². The summed E-state index contributed by atoms with van der Waals surface area (Å²) in [6.45, 7) is 4.43. The van der Waals surface area contributed by atoms with Gasteiger partial charge in [-0.1, -0.05) is 12.7 Å². The molecule has 0 saturated heterocycles. The van der Waals surface area contributed by atoms with Gasteiger partial charge in [-0.3, -0.25) is 4.99 Å². The van der Waals surface area contributed by atoms with Crippen LogP contribution >= 0.6 is 0 Å². The molecule has 0 aliphatic rings. The molecule has 0 aliphatic carbocycles. The van der Waals surface area contributed by atoms with E-state index in [1.807, 2.05) is 12.2 Å². The van der Waals surface area contributed by atoms with Crippen LogP contribution in [-0.2, 0) is 0 Å². The lowest BCUT2D eigenvalue weighted by Crippen LogP contribution is -1.98. The number of hydrogen-bond acceptors (Lipinski definition) is 2. The lowest BCUT2D eigenvalue weighted by atomic mass is 10.1. The fraction of sp³-hybridized carbons (Fsp3) is 0.444. The second kappa shape index (κ2) is 7.22. The summed E-state index contributed by atoms with van der Waals surface area (Å²) in [6, 6.07) is 0. The average molecular weight is 152 g/mol. The van der Waals surface area contributed by atoms with E-state index in [1.165, 1.54) is 5.57 Å². The Bertz CT molecular complexity index is 157. The largest absolute Gasteiger partial charge is 0.330 e. The van der Waals surface area contributed by atoms with Crippen molar-refractivity contribution in [3.05, 3.63) is 24.3 Å². The quantitative estimate of drug-likeness (QED) is 0.471. The molecule has 0 atom stereocenters. The molecule has 0 aromatic carbocycles. The molecule has 0 heterocycles. The zero-order valence-electron chi connectivity index (χ0n) is 7.09. The van der Waals surface area contributed by atoms with Gasteiger partial charge in [-0.15, -0.1) is 0 Å². The molecule has 0 bridgehead atoms. The summed E-state index contributed by atoms with van der Waals surface area (Å²) in [5, 5.41) is 0. The SMILES string of the molecule is C=C/C(=C\C=NC)CCCN. The van der Waals surface area contributed by atoms with E-state index in [0.29, 0.717) is 0 Å². The van der Waals surface area contributed by atoms with E-state index in [1.54, 1.807) is 13.3 Å². The molecule has 0 saturated carbocycles. The molecule has 0 amide bonds. The van der Waals surface area contributed by atoms with Crippen LogP contribution in [0.25, 0.3) is 0 Å². The average Bonchev–Trinajstić information content (AvgIpc) is 2.05. The van der Waals surface area contributed by atoms with Gasteiger partial charge in [0.25, 0.3) is 0 Å². The maximum Gasteiger partial charge on any atom is 0.0277 e. The summed E-state index contributed by atoms with van der Waals surface area (Å²) < 4.78 is 0. The molecule has 2 heteroatoms. The van der Waals surface area contributed by atoms with Crippen LogP contribution in [-0.4, -0.2) is 19.8 Å². The van der Waals surface area contributed by atoms with Crippen LogP contribution < -0.4 is 5.73 Å². The lowest BCUT2D eigenvalue weighted by Gasteiger charge is -1.96. The Kier molecular flexibility index (Phi) is 6.64. The molecule has 0 aliphatic heterocycles. The zero-order valence-corrected chi connectivity index (χ0v) is 7.09. The Morgan fingerprint density at radius 3 is 2.82 bits per heavy atom. The highest BCUT2D eigenvalue weighted by Crippen LogP contribution is 2.03. The fourth-order valence-corrected chi connectivity index (χ4v) is 0.730. The Balaban J connectivity index is 3.83. The van der Waals surface area contributed by atoms with Crippen LogP contribution in [0.4, 0.5) is 0 Å². The van der Waals surface area contributed by atoms with Gasteiger partial charge in [0.2, 0.25) is 0 Å². The smallest absolute Gasteiger partial charge is 0.0277 e. The van der Waals surface area contributed by atoms with Crippen molar-refractivity contribution in [3.63, 3.8) is 0 Å². The van der Waals surface area contributed by atoms with Gasteiger partial charge in [0, 0.05) is 13.3 Å². The minimum atomic E-state index is 0.731. The van der Waals surface area contributed by atoms with Crippen LogP contribution in [0, 0.1) is 0 Å². The van der Waals surface area contributed by atoms with Crippen molar-refractivity contribution < 1.29 is 0 Å². The number of hydrogen-bond donors (Lipinski definition) is 1. The first kappa shape index (κ1) is 10.1. The topological polar surface area (TPSA) is 38.4 Å². The third-order valence-corrected chi connectivity index (χ3v) is 1.37. The minimum absolute atomic E-state index is 0.731. The second-order valence-electron chi connectivity index (χ2n) is 2.25. The van der Waals surface area contributed by atoms with Gasteiger partial charge in [0.1, 0.15) is 0 Å². The molecule has 0 aromatic rings. The molecule has 11 heavy (non-hydrogen) atoms. The highest BCUT2D eigenvalue weighted by molar-refractivity contribution is 5.72. The van der Waals surface area contributed by atoms with Crippen LogP contribution in [0.5, 0.6) is 0 Å². The summed E-state index contributed by atoms with van der Waals surface area (Å²) in [4.78, 5) is 3.85. The molecule has 0 aromatic heterocycles. The monoisotopic (exact) mass is 152 g/mol. The maximum absolute atomic E-state index is 5.37. The third kappa shape index (κ3) is 5.55. The molecular formula is C9H16N2. The van der Waals surface area contributed by atoms with Crippen LogP contribution in [0.1, 0.15) is 12.8 Å². The number of allylic oxidation sites excluding steroid dienone is 3. The standard InChI is InChI=1S/C9H16N2/c1-3-9(5-4-7-10)6-8-11-2/h3,6,8H,1,4-5,7,10H2,2H3/b9-6+,11-8?. The Hall–Kier alpha value is -0.890. The summed E-state index contributed by atoms with van der Waals surface area (Å²) in [7, 11) is 1.75. The normalized spacial score (nSPS) is 12.4. The number of nitrogens with two attached hydrogens (primary N) is 1. The van der Waals surface area contributed by atoms with E-state index >= 15 is 0 Å². The zero-order chi connectivity index (χ0) is 8.53. The minimum Gasteiger partial charge on any atom is -0.330 e. The van der Waals surface area contributed by atoms with Crippen LogP contribution in [0.2, 0.25) is 0 Å². The Morgan fingerprint density at radius 2 is 2.36 bits per heavy atom. The van der Waals surface area contributed by atoms with Crippen molar-refractivity contribution in [2.45, 2.75) is 12.8 Å². The van der Waals surface area contributed by atoms with Crippen molar-refractivity contribution in [3.8, 4) is 0 Å². The predicted octanol–water partition coefficient (Wildman–Crippen LogP) is 1.54. The molecule has 0 radical (unpaired) electrons. The summed E-state index contributed by atoms with van der Waals surface area (Å²) in [6.07, 6.45) is 7.58. The van der Waals surface area contributed by atoms with Crippen molar-refractivity contribution in [1.29, 1.82) is 0 Å². The van der Waals surface area contributed by atoms with E-state index in [-0.39, 0.29) is 0 Å². The molecular weight excluding hydrogens is 136 g/mol. The lowest BCUT2D eigenvalue weighted by molar-refractivity contribution is 0.837. The molecule has 0 spiro atoms. The van der Waals surface area contributed by atoms with Gasteiger partial charge in [-0.25, -0.2) is 0 Å². The summed E-state index contributed by atoms with van der Waals surface area (Å²) in [5.41, 5.74) is 6.56. The van der Waals surface area contributed by atoms with E-state index in [9.17, 15) is 0 Å². The van der Waals surface area contributed by atoms with Gasteiger partial charge in [-0.05, 0) is 31.0 Å². The van der Waals surface area contributed by atoms with Gasteiger partial charge in [0.05, 0.1) is 0 Å². The molecule has 62 valence electrons. The van der Waals surface area contributed by atoms with Crippen molar-refractivity contribution in [2.24, 2.45) is 10.7 Å². The fourth-order valence-electron chi connectivity index (χ4n) is 0.730. The van der Waals surface area contributed by atoms with Gasteiger partial charge < -0.3 is 5.73 Å². The number of aliphatic imine (C=N–C) groups is 1. The first-order valence-electron chi connectivity index (χ1n) is 3.79. The van der Waals surface area contributed by atoms with Crippen molar-refractivity contribution in [2.75, 3.05) is 13.6 Å². The summed E-state index contributed by atoms with van der Waals surface area (Å²) >= 11 is 0. The van der Waals surface area contributed by atoms with Crippen LogP contribution in [0.15, 0.2) is 29.3 Å². The first-order chi connectivity index (χ1) is 5.35. The van der Waals surface area contributed by atoms with Crippen molar-refractivity contribution >= 4 is 6.21 Å². The predicted molar refractivity (Wildman–Crippen MR) is 51.0 cm³/mol. The van der Waals surface area contributed by atoms with E-state index in [0.717, 1.165) is 19.4 Å². The Labute approximate surface area is 68.5 Å². The summed E-state index contributed by atoms with van der Waals surface area (Å²) in [5.74, 6) is 0. The van der Waals surface area contributed by atoms with E-state index < -0.39 is 0 Å². The van der Waals surface area contributed by atoms with Crippen molar-refractivity contribution in [1.82, 2.24) is 0 Å². The van der Waals surface area contributed by atoms with E-state index in [4.69, 9.17) is 5.73 Å². The molecule has 0 fully saturated rings. The maximum atomic E-state index is 5.37. The van der Waals surface area contributed by atoms with Gasteiger partial charge in [-0.2, -0.15) is 0 Å². The molecule has 0 rings (SSSR count). The van der Waals surface area contributed by atoms with Gasteiger partial charge in [0.15, 0.2) is 0 Å². The molecule has 2 N–H and O–H groups in total. The molecule has 2 nitrogen and oxygen atoms in total. The molecule has 0 unspecified atom stereocenters. The van der Waals surface area contributed by atoms with Gasteiger partial charge >= 0.3 is 0 Å².